The molecule has 0 saturated carbocycles. The van der Waals surface area contributed by atoms with Gasteiger partial charge in [0, 0.05) is 45.0 Å². The van der Waals surface area contributed by atoms with E-state index in [0.717, 1.165) is 12.8 Å². The predicted octanol–water partition coefficient (Wildman–Crippen LogP) is 3.88. The molecule has 4 aromatic rings. The Morgan fingerprint density at radius 2 is 2.13 bits per heavy atom. The number of piperazine rings is 1. The highest BCUT2D eigenvalue weighted by atomic mass is 35.5. The van der Waals surface area contributed by atoms with Gasteiger partial charge in [-0.25, -0.2) is 9.37 Å². The van der Waals surface area contributed by atoms with Crippen LogP contribution < -0.4 is 14.4 Å². The first-order valence-corrected chi connectivity index (χ1v) is 13.0. The molecule has 11 nitrogen and oxygen atoms in total. The molecule has 39 heavy (non-hydrogen) atoms. The van der Waals surface area contributed by atoms with Crippen molar-refractivity contribution in [3.8, 4) is 17.6 Å². The van der Waals surface area contributed by atoms with Gasteiger partial charge in [-0.2, -0.15) is 15.1 Å². The zero-order chi connectivity index (χ0) is 26.9. The number of nitrogens with one attached hydrogen (secondary N) is 1. The Balaban J connectivity index is 1.40. The van der Waals surface area contributed by atoms with Crippen molar-refractivity contribution < 1.29 is 23.4 Å². The van der Waals surface area contributed by atoms with E-state index in [0.29, 0.717) is 67.0 Å². The summed E-state index contributed by atoms with van der Waals surface area (Å²) in [7, 11) is 0. The highest BCUT2D eigenvalue weighted by Gasteiger charge is 2.26. The number of aromatic amines is 1. The molecule has 2 saturated heterocycles. The molecule has 1 amide bonds. The molecule has 0 radical (unpaired) electrons. The Bertz CT molecular complexity index is 1550. The monoisotopic (exact) mass is 553 g/mol. The molecule has 2 aliphatic rings. The topological polar surface area (TPSA) is 119 Å². The SMILES string of the molecule is C=CC(=O)N1CCN(c2nc(OC[C@H]3CCCO3)nc3c(Oc4c(Cl)c(F)cc5[nH]ncc45)nccc23)CC1. The van der Waals surface area contributed by atoms with Crippen molar-refractivity contribution in [2.24, 2.45) is 0 Å². The second-order valence-corrected chi connectivity index (χ2v) is 9.62. The number of nitrogens with zero attached hydrogens (tertiary/aromatic N) is 6. The maximum Gasteiger partial charge on any atom is 0.319 e. The summed E-state index contributed by atoms with van der Waals surface area (Å²) >= 11 is 6.30. The number of pyridine rings is 1. The number of ether oxygens (including phenoxy) is 3. The van der Waals surface area contributed by atoms with Crippen LogP contribution in [0.1, 0.15) is 12.8 Å². The van der Waals surface area contributed by atoms with Crippen LogP contribution in [0.2, 0.25) is 5.02 Å². The van der Waals surface area contributed by atoms with Crippen LogP contribution in [0.15, 0.2) is 37.2 Å². The van der Waals surface area contributed by atoms with Crippen LogP contribution in [-0.2, 0) is 9.53 Å². The number of carbonyl (C=O) groups excluding carboxylic acids is 1. The predicted molar refractivity (Wildman–Crippen MR) is 142 cm³/mol. The smallest absolute Gasteiger partial charge is 0.319 e. The van der Waals surface area contributed by atoms with Crippen LogP contribution in [0.3, 0.4) is 0 Å². The first-order chi connectivity index (χ1) is 19.0. The van der Waals surface area contributed by atoms with Gasteiger partial charge < -0.3 is 24.0 Å². The minimum Gasteiger partial charge on any atom is -0.461 e. The number of fused-ring (bicyclic) bond motifs is 2. The van der Waals surface area contributed by atoms with Crippen LogP contribution in [0.4, 0.5) is 10.2 Å². The summed E-state index contributed by atoms with van der Waals surface area (Å²) in [6, 6.07) is 3.17. The molecular formula is C26H25ClFN7O4. The van der Waals surface area contributed by atoms with Gasteiger partial charge in [0.05, 0.1) is 28.6 Å². The summed E-state index contributed by atoms with van der Waals surface area (Å²) in [5.41, 5.74) is 0.793. The van der Waals surface area contributed by atoms with Gasteiger partial charge in [0.15, 0.2) is 5.75 Å². The van der Waals surface area contributed by atoms with Crippen molar-refractivity contribution in [3.63, 3.8) is 0 Å². The number of aromatic nitrogens is 5. The minimum atomic E-state index is -0.661. The standard InChI is InChI=1S/C26H25ClFN7O4/c1-2-20(36)34-7-9-35(10-8-34)24-16-5-6-29-25(22(16)31-26(32-24)38-14-15-4-3-11-37-15)39-23-17-13-30-33-19(17)12-18(28)21(23)27/h2,5-6,12-13,15H,1,3-4,7-11,14H2,(H,30,33)/t15-/m1/s1. The lowest BCUT2D eigenvalue weighted by atomic mass is 10.2. The van der Waals surface area contributed by atoms with Gasteiger partial charge in [-0.05, 0) is 25.0 Å². The Morgan fingerprint density at radius 1 is 1.28 bits per heavy atom. The molecule has 1 atom stereocenters. The van der Waals surface area contributed by atoms with Gasteiger partial charge in [-0.1, -0.05) is 18.2 Å². The van der Waals surface area contributed by atoms with Crippen molar-refractivity contribution in [1.29, 1.82) is 0 Å². The molecule has 2 aliphatic heterocycles. The molecule has 1 aromatic carbocycles. The number of halogens is 2. The Labute approximate surface area is 227 Å². The van der Waals surface area contributed by atoms with E-state index in [-0.39, 0.29) is 34.7 Å². The molecule has 5 heterocycles. The van der Waals surface area contributed by atoms with Crippen LogP contribution >= 0.6 is 11.6 Å². The third kappa shape index (κ3) is 4.92. The Morgan fingerprint density at radius 3 is 2.90 bits per heavy atom. The number of benzene rings is 1. The maximum absolute atomic E-state index is 14.6. The zero-order valence-corrected chi connectivity index (χ0v) is 21.7. The van der Waals surface area contributed by atoms with Crippen LogP contribution in [0.5, 0.6) is 17.6 Å². The van der Waals surface area contributed by atoms with Gasteiger partial charge in [-0.3, -0.25) is 9.89 Å². The average molecular weight is 554 g/mol. The van der Waals surface area contributed by atoms with Gasteiger partial charge in [0.2, 0.25) is 11.8 Å². The largest absolute Gasteiger partial charge is 0.461 e. The van der Waals surface area contributed by atoms with Crippen LogP contribution in [0, 0.1) is 5.82 Å². The minimum absolute atomic E-state index is 0.0358. The lowest BCUT2D eigenvalue weighted by molar-refractivity contribution is -0.126. The molecule has 0 bridgehead atoms. The number of carbonyl (C=O) groups is 1. The fourth-order valence-corrected chi connectivity index (χ4v) is 4.98. The van der Waals surface area contributed by atoms with E-state index in [9.17, 15) is 9.18 Å². The zero-order valence-electron chi connectivity index (χ0n) is 20.9. The average Bonchev–Trinajstić information content (AvgIpc) is 3.66. The Kier molecular flexibility index (Phi) is 6.88. The maximum atomic E-state index is 14.6. The molecule has 6 rings (SSSR count). The molecule has 3 aromatic heterocycles. The summed E-state index contributed by atoms with van der Waals surface area (Å²) in [6.07, 6.45) is 6.22. The second kappa shape index (κ2) is 10.6. The number of amides is 1. The van der Waals surface area contributed by atoms with Crippen LogP contribution in [-0.4, -0.2) is 81.5 Å². The van der Waals surface area contributed by atoms with E-state index in [2.05, 4.69) is 31.6 Å². The molecule has 2 fully saturated rings. The highest BCUT2D eigenvalue weighted by Crippen LogP contribution is 2.40. The van der Waals surface area contributed by atoms with Crippen molar-refractivity contribution in [3.05, 3.63) is 48.0 Å². The van der Waals surface area contributed by atoms with Crippen LogP contribution in [0.25, 0.3) is 21.8 Å². The fourth-order valence-electron chi connectivity index (χ4n) is 4.79. The van der Waals surface area contributed by atoms with Crippen molar-refractivity contribution in [2.75, 3.05) is 44.3 Å². The molecule has 13 heteroatoms. The first kappa shape index (κ1) is 25.3. The number of anilines is 1. The molecular weight excluding hydrogens is 529 g/mol. The third-order valence-corrected chi connectivity index (χ3v) is 7.17. The molecule has 0 aliphatic carbocycles. The molecule has 202 valence electrons. The van der Waals surface area contributed by atoms with Gasteiger partial charge >= 0.3 is 6.01 Å². The van der Waals surface area contributed by atoms with Gasteiger partial charge in [0.25, 0.3) is 0 Å². The number of hydrogen-bond donors (Lipinski definition) is 1. The van der Waals surface area contributed by atoms with Crippen molar-refractivity contribution >= 4 is 45.1 Å². The summed E-state index contributed by atoms with van der Waals surface area (Å²) in [5, 5.41) is 7.65. The van der Waals surface area contributed by atoms with E-state index in [1.165, 1.54) is 18.3 Å². The lowest BCUT2D eigenvalue weighted by Gasteiger charge is -2.35. The lowest BCUT2D eigenvalue weighted by Crippen LogP contribution is -2.48. The van der Waals surface area contributed by atoms with Crippen molar-refractivity contribution in [2.45, 2.75) is 18.9 Å². The van der Waals surface area contributed by atoms with E-state index in [4.69, 9.17) is 30.8 Å². The number of hydrogen-bond acceptors (Lipinski definition) is 9. The second-order valence-electron chi connectivity index (χ2n) is 9.24. The van der Waals surface area contributed by atoms with E-state index in [1.54, 1.807) is 17.2 Å². The summed E-state index contributed by atoms with van der Waals surface area (Å²) in [5.74, 6) is 0.0123. The highest BCUT2D eigenvalue weighted by molar-refractivity contribution is 6.33. The summed E-state index contributed by atoms with van der Waals surface area (Å²) in [6.45, 7) is 6.68. The summed E-state index contributed by atoms with van der Waals surface area (Å²) in [4.78, 5) is 29.6. The number of H-pyrrole nitrogens is 1. The van der Waals surface area contributed by atoms with E-state index >= 15 is 0 Å². The molecule has 1 N–H and O–H groups in total. The van der Waals surface area contributed by atoms with Gasteiger partial charge in [0.1, 0.15) is 28.8 Å². The first-order valence-electron chi connectivity index (χ1n) is 12.6. The Hall–Kier alpha value is -4.03. The number of rotatable bonds is 7. The molecule has 0 unspecified atom stereocenters. The quantitative estimate of drug-likeness (QED) is 0.340. The third-order valence-electron chi connectivity index (χ3n) is 6.82. The molecule has 0 spiro atoms. The fraction of sp³-hybridized carbons (Fsp3) is 0.346. The van der Waals surface area contributed by atoms with E-state index < -0.39 is 5.82 Å². The van der Waals surface area contributed by atoms with Crippen molar-refractivity contribution in [1.82, 2.24) is 30.0 Å². The normalized spacial score (nSPS) is 17.6. The van der Waals surface area contributed by atoms with Gasteiger partial charge in [-0.15, -0.1) is 0 Å². The summed E-state index contributed by atoms with van der Waals surface area (Å²) < 4.78 is 32.3. The van der Waals surface area contributed by atoms with E-state index in [1.807, 2.05) is 0 Å².